The Morgan fingerprint density at radius 1 is 1.39 bits per heavy atom. The monoisotopic (exact) mass is 243 g/mol. The van der Waals surface area contributed by atoms with Gasteiger partial charge < -0.3 is 4.74 Å². The Morgan fingerprint density at radius 2 is 2.11 bits per heavy atom. The number of nitrogens with two attached hydrogens (primary N) is 1. The number of carbonyl (C=O) groups is 1. The first-order chi connectivity index (χ1) is 8.57. The Labute approximate surface area is 104 Å². The Morgan fingerprint density at radius 3 is 2.83 bits per heavy atom. The number of aryl methyl sites for hydroxylation is 1. The molecule has 1 aliphatic heterocycles. The number of benzene rings is 1. The fourth-order valence-corrected chi connectivity index (χ4v) is 2.52. The number of aromatic nitrogens is 1. The average molecular weight is 243 g/mol. The van der Waals surface area contributed by atoms with Gasteiger partial charge in [0.2, 0.25) is 5.72 Å². The van der Waals surface area contributed by atoms with Crippen LogP contribution in [0.1, 0.15) is 28.5 Å². The quantitative estimate of drug-likeness (QED) is 0.449. The lowest BCUT2D eigenvalue weighted by Gasteiger charge is -2.23. The van der Waals surface area contributed by atoms with Gasteiger partial charge in [-0.05, 0) is 19.9 Å². The van der Waals surface area contributed by atoms with Crippen molar-refractivity contribution in [2.24, 2.45) is 5.84 Å². The van der Waals surface area contributed by atoms with Crippen molar-refractivity contribution in [3.63, 3.8) is 0 Å². The lowest BCUT2D eigenvalue weighted by atomic mass is 9.96. The van der Waals surface area contributed by atoms with Crippen molar-refractivity contribution < 1.29 is 9.53 Å². The molecule has 0 bridgehead atoms. The molecule has 3 rings (SSSR count). The van der Waals surface area contributed by atoms with E-state index in [4.69, 9.17) is 10.6 Å². The van der Waals surface area contributed by atoms with Gasteiger partial charge >= 0.3 is 5.97 Å². The summed E-state index contributed by atoms with van der Waals surface area (Å²) in [5, 5.41) is 0.794. The molecular formula is C13H13N3O2. The average Bonchev–Trinajstić information content (AvgIpc) is 2.63. The minimum atomic E-state index is -1.01. The van der Waals surface area contributed by atoms with E-state index in [0.29, 0.717) is 11.1 Å². The number of carbonyl (C=O) groups excluding carboxylic acids is 1. The van der Waals surface area contributed by atoms with E-state index in [1.165, 1.54) is 0 Å². The van der Waals surface area contributed by atoms with Gasteiger partial charge in [-0.15, -0.1) is 0 Å². The number of nitrogens with zero attached hydrogens (tertiary/aromatic N) is 1. The van der Waals surface area contributed by atoms with Crippen LogP contribution in [0.3, 0.4) is 0 Å². The second kappa shape index (κ2) is 3.51. The van der Waals surface area contributed by atoms with E-state index in [1.54, 1.807) is 6.92 Å². The molecule has 18 heavy (non-hydrogen) atoms. The summed E-state index contributed by atoms with van der Waals surface area (Å²) >= 11 is 0. The van der Waals surface area contributed by atoms with Crippen molar-refractivity contribution in [3.8, 4) is 0 Å². The number of hydrogen-bond donors (Lipinski definition) is 2. The third kappa shape index (κ3) is 1.28. The first kappa shape index (κ1) is 11.1. The molecule has 1 aromatic carbocycles. The van der Waals surface area contributed by atoms with Crippen LogP contribution >= 0.6 is 0 Å². The number of nitrogens with one attached hydrogen (secondary N) is 1. The van der Waals surface area contributed by atoms with Crippen LogP contribution in [0, 0.1) is 6.92 Å². The van der Waals surface area contributed by atoms with Gasteiger partial charge in [0.1, 0.15) is 0 Å². The normalized spacial score (nSPS) is 22.1. The van der Waals surface area contributed by atoms with Crippen molar-refractivity contribution >= 4 is 16.9 Å². The number of cyclic esters (lactones) is 1. The minimum Gasteiger partial charge on any atom is -0.435 e. The summed E-state index contributed by atoms with van der Waals surface area (Å²) in [5.74, 6) is 5.13. The van der Waals surface area contributed by atoms with E-state index in [-0.39, 0.29) is 5.97 Å². The summed E-state index contributed by atoms with van der Waals surface area (Å²) in [4.78, 5) is 16.6. The maximum absolute atomic E-state index is 12.1. The van der Waals surface area contributed by atoms with E-state index in [0.717, 1.165) is 16.6 Å². The molecule has 0 spiro atoms. The van der Waals surface area contributed by atoms with Gasteiger partial charge in [0.15, 0.2) is 0 Å². The Bertz CT molecular complexity index is 669. The van der Waals surface area contributed by atoms with Gasteiger partial charge in [-0.3, -0.25) is 10.8 Å². The van der Waals surface area contributed by atoms with Crippen molar-refractivity contribution in [2.45, 2.75) is 19.6 Å². The minimum absolute atomic E-state index is 0.368. The third-order valence-electron chi connectivity index (χ3n) is 3.33. The van der Waals surface area contributed by atoms with Crippen LogP contribution in [0.5, 0.6) is 0 Å². The molecule has 1 aliphatic rings. The van der Waals surface area contributed by atoms with Crippen LogP contribution in [0.4, 0.5) is 0 Å². The fourth-order valence-electron chi connectivity index (χ4n) is 2.52. The van der Waals surface area contributed by atoms with Gasteiger partial charge in [0, 0.05) is 16.6 Å². The van der Waals surface area contributed by atoms with E-state index in [9.17, 15) is 4.79 Å². The zero-order chi connectivity index (χ0) is 12.9. The van der Waals surface area contributed by atoms with Crippen LogP contribution in [-0.2, 0) is 10.5 Å². The van der Waals surface area contributed by atoms with Crippen LogP contribution in [0.2, 0.25) is 0 Å². The van der Waals surface area contributed by atoms with Crippen molar-refractivity contribution in [3.05, 3.63) is 41.1 Å². The molecule has 0 amide bonds. The number of esters is 1. The lowest BCUT2D eigenvalue weighted by molar-refractivity contribution is -0.0172. The number of rotatable bonds is 1. The van der Waals surface area contributed by atoms with Crippen LogP contribution in [-0.4, -0.2) is 11.0 Å². The maximum Gasteiger partial charge on any atom is 0.341 e. The molecule has 0 saturated carbocycles. The molecule has 92 valence electrons. The highest BCUT2D eigenvalue weighted by molar-refractivity contribution is 6.07. The zero-order valence-corrected chi connectivity index (χ0v) is 10.2. The van der Waals surface area contributed by atoms with Crippen LogP contribution < -0.4 is 11.3 Å². The molecule has 2 heterocycles. The molecule has 1 atom stereocenters. The fraction of sp³-hybridized carbons (Fsp3) is 0.231. The van der Waals surface area contributed by atoms with E-state index in [2.05, 4.69) is 10.4 Å². The Balaban J connectivity index is 2.46. The SMILES string of the molecule is Cc1nc2ccccc2c2c1C(C)(NN)OC2=O. The summed E-state index contributed by atoms with van der Waals surface area (Å²) in [5.41, 5.74) is 4.34. The van der Waals surface area contributed by atoms with Crippen LogP contribution in [0.25, 0.3) is 10.9 Å². The summed E-state index contributed by atoms with van der Waals surface area (Å²) < 4.78 is 5.34. The number of hydrazine groups is 1. The molecule has 5 nitrogen and oxygen atoms in total. The largest absolute Gasteiger partial charge is 0.435 e. The molecular weight excluding hydrogens is 230 g/mol. The molecule has 3 N–H and O–H groups in total. The molecule has 0 fully saturated rings. The lowest BCUT2D eigenvalue weighted by Crippen LogP contribution is -2.44. The predicted octanol–water partition coefficient (Wildman–Crippen LogP) is 1.35. The summed E-state index contributed by atoms with van der Waals surface area (Å²) in [7, 11) is 0. The highest BCUT2D eigenvalue weighted by Crippen LogP contribution is 2.38. The van der Waals surface area contributed by atoms with Gasteiger partial charge in [0.25, 0.3) is 0 Å². The number of fused-ring (bicyclic) bond motifs is 3. The first-order valence-electron chi connectivity index (χ1n) is 5.68. The van der Waals surface area contributed by atoms with Gasteiger partial charge in [-0.1, -0.05) is 18.2 Å². The zero-order valence-electron chi connectivity index (χ0n) is 10.2. The Kier molecular flexibility index (Phi) is 2.17. The van der Waals surface area contributed by atoms with E-state index < -0.39 is 5.72 Å². The second-order valence-electron chi connectivity index (χ2n) is 4.53. The highest BCUT2D eigenvalue weighted by atomic mass is 16.6. The van der Waals surface area contributed by atoms with Gasteiger partial charge in [0.05, 0.1) is 11.1 Å². The number of hydrogen-bond acceptors (Lipinski definition) is 5. The third-order valence-corrected chi connectivity index (χ3v) is 3.33. The standard InChI is InChI=1S/C13H13N3O2/c1-7-11-10(12(17)18-13(11,2)16-14)8-5-3-4-6-9(8)15-7/h3-6,16H,14H2,1-2H3. The number of ether oxygens (including phenoxy) is 1. The molecule has 1 unspecified atom stereocenters. The summed E-state index contributed by atoms with van der Waals surface area (Å²) in [6.45, 7) is 3.57. The molecule has 1 aromatic heterocycles. The number of pyridine rings is 1. The van der Waals surface area contributed by atoms with E-state index in [1.807, 2.05) is 31.2 Å². The van der Waals surface area contributed by atoms with Crippen LogP contribution in [0.15, 0.2) is 24.3 Å². The van der Waals surface area contributed by atoms with E-state index >= 15 is 0 Å². The smallest absolute Gasteiger partial charge is 0.341 e. The molecule has 5 heteroatoms. The molecule has 0 aliphatic carbocycles. The second-order valence-corrected chi connectivity index (χ2v) is 4.53. The summed E-state index contributed by atoms with van der Waals surface area (Å²) in [6, 6.07) is 7.51. The van der Waals surface area contributed by atoms with Crippen molar-refractivity contribution in [2.75, 3.05) is 0 Å². The first-order valence-corrected chi connectivity index (χ1v) is 5.68. The maximum atomic E-state index is 12.1. The van der Waals surface area contributed by atoms with Crippen molar-refractivity contribution in [1.82, 2.24) is 10.4 Å². The Hall–Kier alpha value is -1.98. The predicted molar refractivity (Wildman–Crippen MR) is 66.6 cm³/mol. The molecule has 0 radical (unpaired) electrons. The van der Waals surface area contributed by atoms with Gasteiger partial charge in [-0.2, -0.15) is 0 Å². The molecule has 2 aromatic rings. The highest BCUT2D eigenvalue weighted by Gasteiger charge is 2.44. The summed E-state index contributed by atoms with van der Waals surface area (Å²) in [6.07, 6.45) is 0. The number of para-hydroxylation sites is 1. The molecule has 0 saturated heterocycles. The topological polar surface area (TPSA) is 77.2 Å². The van der Waals surface area contributed by atoms with Gasteiger partial charge in [-0.25, -0.2) is 10.2 Å². The van der Waals surface area contributed by atoms with Crippen molar-refractivity contribution in [1.29, 1.82) is 0 Å².